The van der Waals surface area contributed by atoms with Gasteiger partial charge in [0, 0.05) is 31.0 Å². The third-order valence-electron chi connectivity index (χ3n) is 3.37. The number of para-hydroxylation sites is 1. The van der Waals surface area contributed by atoms with Crippen molar-refractivity contribution in [1.82, 2.24) is 15.3 Å². The van der Waals surface area contributed by atoms with Crippen LogP contribution in [-0.2, 0) is 11.3 Å². The molecule has 0 aliphatic carbocycles. The maximum Gasteiger partial charge on any atom is 0.270 e. The van der Waals surface area contributed by atoms with Gasteiger partial charge in [-0.25, -0.2) is 9.97 Å². The molecule has 0 saturated carbocycles. The van der Waals surface area contributed by atoms with Crippen LogP contribution >= 0.6 is 11.3 Å². The van der Waals surface area contributed by atoms with Crippen molar-refractivity contribution in [3.8, 4) is 0 Å². The third-order valence-corrected chi connectivity index (χ3v) is 4.19. The minimum absolute atomic E-state index is 0.179. The third kappa shape index (κ3) is 4.06. The lowest BCUT2D eigenvalue weighted by molar-refractivity contribution is 0.0950. The highest BCUT2D eigenvalue weighted by Crippen LogP contribution is 2.14. The van der Waals surface area contributed by atoms with E-state index < -0.39 is 0 Å². The van der Waals surface area contributed by atoms with Gasteiger partial charge in [-0.2, -0.15) is 0 Å². The molecule has 3 rings (SSSR count). The summed E-state index contributed by atoms with van der Waals surface area (Å²) in [5, 5.41) is 9.68. The number of ether oxygens (including phenoxy) is 1. The van der Waals surface area contributed by atoms with Gasteiger partial charge in [0.2, 0.25) is 0 Å². The number of carbonyl (C=O) groups is 1. The average molecular weight is 342 g/mol. The first kappa shape index (κ1) is 16.4. The molecule has 0 fully saturated rings. The van der Waals surface area contributed by atoms with Gasteiger partial charge in [0.1, 0.15) is 16.5 Å². The number of rotatable bonds is 7. The summed E-state index contributed by atoms with van der Waals surface area (Å²) in [6, 6.07) is 11.9. The number of carbonyl (C=O) groups excluding carboxylic acids is 1. The standard InChI is InChI=1S/C17H18N4O2S/c1-23-10-16-21-14(11-24-16)17(22)19-9-8-18-15-7-6-12-4-2-3-5-13(12)20-15/h2-7,11H,8-10H2,1H3,(H,18,20)(H,19,22). The smallest absolute Gasteiger partial charge is 0.270 e. The quantitative estimate of drug-likeness (QED) is 0.646. The average Bonchev–Trinajstić information content (AvgIpc) is 3.07. The molecular formula is C17H18N4O2S. The van der Waals surface area contributed by atoms with Crippen molar-refractivity contribution in [3.05, 3.63) is 52.5 Å². The molecule has 0 bridgehead atoms. The van der Waals surface area contributed by atoms with Crippen LogP contribution in [0.3, 0.4) is 0 Å². The summed E-state index contributed by atoms with van der Waals surface area (Å²) < 4.78 is 5.00. The first-order chi connectivity index (χ1) is 11.8. The minimum atomic E-state index is -0.179. The minimum Gasteiger partial charge on any atom is -0.378 e. The summed E-state index contributed by atoms with van der Waals surface area (Å²) in [5.74, 6) is 0.612. The molecule has 0 atom stereocenters. The molecule has 6 nitrogen and oxygen atoms in total. The maximum atomic E-state index is 12.0. The molecule has 24 heavy (non-hydrogen) atoms. The zero-order valence-electron chi connectivity index (χ0n) is 13.3. The van der Waals surface area contributed by atoms with Crippen LogP contribution in [-0.4, -0.2) is 36.1 Å². The van der Waals surface area contributed by atoms with E-state index in [9.17, 15) is 4.79 Å². The Balaban J connectivity index is 1.47. The maximum absolute atomic E-state index is 12.0. The summed E-state index contributed by atoms with van der Waals surface area (Å²) in [5.41, 5.74) is 1.37. The Labute approximate surface area is 143 Å². The number of thiazole rings is 1. The summed E-state index contributed by atoms with van der Waals surface area (Å²) in [4.78, 5) is 20.7. The molecule has 7 heteroatoms. The molecule has 0 unspecified atom stereocenters. The second-order valence-electron chi connectivity index (χ2n) is 5.13. The second kappa shape index (κ2) is 7.85. The summed E-state index contributed by atoms with van der Waals surface area (Å²) >= 11 is 1.42. The van der Waals surface area contributed by atoms with Gasteiger partial charge in [0.15, 0.2) is 0 Å². The Hall–Kier alpha value is -2.51. The summed E-state index contributed by atoms with van der Waals surface area (Å²) in [7, 11) is 1.60. The Morgan fingerprint density at radius 2 is 2.04 bits per heavy atom. The van der Waals surface area contributed by atoms with Crippen molar-refractivity contribution in [2.75, 3.05) is 25.5 Å². The van der Waals surface area contributed by atoms with Crippen LogP contribution in [0, 0.1) is 0 Å². The van der Waals surface area contributed by atoms with Crippen LogP contribution in [0.4, 0.5) is 5.82 Å². The molecule has 0 radical (unpaired) electrons. The zero-order chi connectivity index (χ0) is 16.8. The topological polar surface area (TPSA) is 76.1 Å². The Kier molecular flexibility index (Phi) is 5.35. The lowest BCUT2D eigenvalue weighted by atomic mass is 10.2. The van der Waals surface area contributed by atoms with Gasteiger partial charge < -0.3 is 15.4 Å². The van der Waals surface area contributed by atoms with Crippen molar-refractivity contribution in [2.45, 2.75) is 6.61 Å². The summed E-state index contributed by atoms with van der Waals surface area (Å²) in [6.07, 6.45) is 0. The van der Waals surface area contributed by atoms with Gasteiger partial charge in [-0.1, -0.05) is 18.2 Å². The molecule has 0 aliphatic heterocycles. The molecular weight excluding hydrogens is 324 g/mol. The number of aromatic nitrogens is 2. The van der Waals surface area contributed by atoms with Gasteiger partial charge in [-0.15, -0.1) is 11.3 Å². The first-order valence-corrected chi connectivity index (χ1v) is 8.45. The van der Waals surface area contributed by atoms with Crippen molar-refractivity contribution in [1.29, 1.82) is 0 Å². The predicted molar refractivity (Wildman–Crippen MR) is 95.4 cm³/mol. The summed E-state index contributed by atoms with van der Waals surface area (Å²) in [6.45, 7) is 1.50. The fraction of sp³-hybridized carbons (Fsp3) is 0.235. The number of methoxy groups -OCH3 is 1. The molecule has 2 heterocycles. The lowest BCUT2D eigenvalue weighted by Gasteiger charge is -2.07. The number of hydrogen-bond donors (Lipinski definition) is 2. The number of fused-ring (bicyclic) bond motifs is 1. The number of benzene rings is 1. The van der Waals surface area contributed by atoms with Gasteiger partial charge in [-0.3, -0.25) is 4.79 Å². The number of nitrogens with one attached hydrogen (secondary N) is 2. The Morgan fingerprint density at radius 3 is 2.92 bits per heavy atom. The zero-order valence-corrected chi connectivity index (χ0v) is 14.1. The second-order valence-corrected chi connectivity index (χ2v) is 6.07. The normalized spacial score (nSPS) is 10.7. The monoisotopic (exact) mass is 342 g/mol. The SMILES string of the molecule is COCc1nc(C(=O)NCCNc2ccc3ccccc3n2)cs1. The van der Waals surface area contributed by atoms with Crippen LogP contribution in [0.1, 0.15) is 15.5 Å². The fourth-order valence-corrected chi connectivity index (χ4v) is 2.97. The van der Waals surface area contributed by atoms with Crippen LogP contribution in [0.5, 0.6) is 0 Å². The van der Waals surface area contributed by atoms with E-state index in [0.717, 1.165) is 21.7 Å². The molecule has 3 aromatic rings. The lowest BCUT2D eigenvalue weighted by Crippen LogP contribution is -2.29. The van der Waals surface area contributed by atoms with E-state index in [4.69, 9.17) is 4.74 Å². The van der Waals surface area contributed by atoms with E-state index >= 15 is 0 Å². The fourth-order valence-electron chi connectivity index (χ4n) is 2.23. The Morgan fingerprint density at radius 1 is 1.17 bits per heavy atom. The van der Waals surface area contributed by atoms with Crippen LogP contribution in [0.2, 0.25) is 0 Å². The van der Waals surface area contributed by atoms with E-state index in [1.807, 2.05) is 36.4 Å². The predicted octanol–water partition coefficient (Wildman–Crippen LogP) is 2.68. The van der Waals surface area contributed by atoms with Gasteiger partial charge in [0.05, 0.1) is 12.1 Å². The largest absolute Gasteiger partial charge is 0.378 e. The van der Waals surface area contributed by atoms with E-state index in [1.165, 1.54) is 11.3 Å². The van der Waals surface area contributed by atoms with Gasteiger partial charge >= 0.3 is 0 Å². The highest BCUT2D eigenvalue weighted by molar-refractivity contribution is 7.09. The number of amides is 1. The number of pyridine rings is 1. The molecule has 2 aromatic heterocycles. The highest BCUT2D eigenvalue weighted by atomic mass is 32.1. The molecule has 1 aromatic carbocycles. The molecule has 0 spiro atoms. The van der Waals surface area contributed by atoms with E-state index in [2.05, 4.69) is 20.6 Å². The Bertz CT molecular complexity index is 834. The molecule has 2 N–H and O–H groups in total. The van der Waals surface area contributed by atoms with E-state index in [-0.39, 0.29) is 5.91 Å². The van der Waals surface area contributed by atoms with Gasteiger partial charge in [-0.05, 0) is 18.2 Å². The van der Waals surface area contributed by atoms with E-state index in [1.54, 1.807) is 12.5 Å². The highest BCUT2D eigenvalue weighted by Gasteiger charge is 2.09. The number of hydrogen-bond acceptors (Lipinski definition) is 6. The number of nitrogens with zero attached hydrogens (tertiary/aromatic N) is 2. The number of anilines is 1. The molecule has 124 valence electrons. The first-order valence-electron chi connectivity index (χ1n) is 7.57. The van der Waals surface area contributed by atoms with Crippen molar-refractivity contribution in [2.24, 2.45) is 0 Å². The van der Waals surface area contributed by atoms with Gasteiger partial charge in [0.25, 0.3) is 5.91 Å². The molecule has 0 saturated heterocycles. The van der Waals surface area contributed by atoms with Crippen molar-refractivity contribution >= 4 is 34.0 Å². The van der Waals surface area contributed by atoms with Crippen LogP contribution in [0.25, 0.3) is 10.9 Å². The van der Waals surface area contributed by atoms with E-state index in [0.29, 0.717) is 25.4 Å². The van der Waals surface area contributed by atoms with Crippen LogP contribution < -0.4 is 10.6 Å². The molecule has 0 aliphatic rings. The van der Waals surface area contributed by atoms with Crippen molar-refractivity contribution < 1.29 is 9.53 Å². The van der Waals surface area contributed by atoms with Crippen LogP contribution in [0.15, 0.2) is 41.8 Å². The van der Waals surface area contributed by atoms with Crippen molar-refractivity contribution in [3.63, 3.8) is 0 Å². The molecule has 1 amide bonds.